The normalized spacial score (nSPS) is 14.0. The summed E-state index contributed by atoms with van der Waals surface area (Å²) in [5.41, 5.74) is 2.32. The summed E-state index contributed by atoms with van der Waals surface area (Å²) in [5, 5.41) is 14.0. The topological polar surface area (TPSA) is 98.9 Å². The van der Waals surface area contributed by atoms with E-state index in [2.05, 4.69) is 15.3 Å². The number of nitrogens with zero attached hydrogens (tertiary/aromatic N) is 3. The zero-order chi connectivity index (χ0) is 23.8. The van der Waals surface area contributed by atoms with Crippen molar-refractivity contribution in [3.8, 4) is 11.5 Å². The van der Waals surface area contributed by atoms with Gasteiger partial charge in [-0.1, -0.05) is 24.3 Å². The van der Waals surface area contributed by atoms with Gasteiger partial charge >= 0.3 is 0 Å². The minimum atomic E-state index is -0.478. The molecule has 0 atom stereocenters. The van der Waals surface area contributed by atoms with Gasteiger partial charge in [-0.05, 0) is 62.1 Å². The average molecular weight is 459 g/mol. The van der Waals surface area contributed by atoms with E-state index in [9.17, 15) is 10.1 Å². The molecule has 1 fully saturated rings. The fourth-order valence-corrected chi connectivity index (χ4v) is 3.79. The SMILES string of the molecule is COc1cccc(/C=C/C=N/c2ccccc2Nc2ccc([N+](=O)[O-])cn2)c1OC1CCCC1. The minimum Gasteiger partial charge on any atom is -0.493 e. The van der Waals surface area contributed by atoms with Crippen LogP contribution in [0.2, 0.25) is 0 Å². The highest BCUT2D eigenvalue weighted by molar-refractivity contribution is 5.84. The van der Waals surface area contributed by atoms with Gasteiger partial charge in [-0.25, -0.2) is 4.98 Å². The molecule has 0 unspecified atom stereocenters. The molecule has 0 bridgehead atoms. The van der Waals surface area contributed by atoms with Crippen LogP contribution in [0.1, 0.15) is 31.2 Å². The van der Waals surface area contributed by atoms with Crippen LogP contribution >= 0.6 is 0 Å². The van der Waals surface area contributed by atoms with Gasteiger partial charge in [0, 0.05) is 17.8 Å². The Balaban J connectivity index is 1.49. The van der Waals surface area contributed by atoms with E-state index in [1.807, 2.05) is 54.6 Å². The van der Waals surface area contributed by atoms with Crippen LogP contribution in [0, 0.1) is 10.1 Å². The Kier molecular flexibility index (Phi) is 7.49. The third kappa shape index (κ3) is 5.78. The van der Waals surface area contributed by atoms with Gasteiger partial charge in [0.15, 0.2) is 11.5 Å². The second kappa shape index (κ2) is 11.1. The lowest BCUT2D eigenvalue weighted by molar-refractivity contribution is -0.385. The first-order valence-corrected chi connectivity index (χ1v) is 11.1. The fourth-order valence-electron chi connectivity index (χ4n) is 3.79. The number of aromatic nitrogens is 1. The van der Waals surface area contributed by atoms with Crippen molar-refractivity contribution < 1.29 is 14.4 Å². The molecule has 0 saturated heterocycles. The molecular formula is C26H26N4O4. The van der Waals surface area contributed by atoms with Crippen LogP contribution in [0.5, 0.6) is 11.5 Å². The van der Waals surface area contributed by atoms with Crippen LogP contribution in [0.15, 0.2) is 71.9 Å². The Bertz CT molecular complexity index is 1190. The number of anilines is 2. The summed E-state index contributed by atoms with van der Waals surface area (Å²) in [7, 11) is 1.65. The van der Waals surface area contributed by atoms with Crippen molar-refractivity contribution in [3.05, 3.63) is 82.5 Å². The van der Waals surface area contributed by atoms with Gasteiger partial charge in [-0.15, -0.1) is 0 Å². The maximum Gasteiger partial charge on any atom is 0.287 e. The third-order valence-corrected chi connectivity index (χ3v) is 5.52. The molecule has 8 heteroatoms. The van der Waals surface area contributed by atoms with Crippen molar-refractivity contribution in [2.45, 2.75) is 31.8 Å². The fraction of sp³-hybridized carbons (Fsp3) is 0.231. The van der Waals surface area contributed by atoms with Crippen LogP contribution in [-0.4, -0.2) is 29.3 Å². The maximum atomic E-state index is 10.8. The summed E-state index contributed by atoms with van der Waals surface area (Å²) in [6.45, 7) is 0. The number of benzene rings is 2. The van der Waals surface area contributed by atoms with E-state index in [-0.39, 0.29) is 11.8 Å². The average Bonchev–Trinajstić information content (AvgIpc) is 3.37. The van der Waals surface area contributed by atoms with Gasteiger partial charge < -0.3 is 14.8 Å². The number of para-hydroxylation sites is 3. The number of nitrogens with one attached hydrogen (secondary N) is 1. The highest BCUT2D eigenvalue weighted by Gasteiger charge is 2.19. The van der Waals surface area contributed by atoms with Crippen molar-refractivity contribution in [3.63, 3.8) is 0 Å². The van der Waals surface area contributed by atoms with Gasteiger partial charge in [0.05, 0.1) is 29.5 Å². The van der Waals surface area contributed by atoms with E-state index in [0.717, 1.165) is 35.6 Å². The number of ether oxygens (including phenoxy) is 2. The molecule has 2 aromatic carbocycles. The van der Waals surface area contributed by atoms with Gasteiger partial charge in [-0.2, -0.15) is 0 Å². The van der Waals surface area contributed by atoms with Gasteiger partial charge in [0.25, 0.3) is 5.69 Å². The summed E-state index contributed by atoms with van der Waals surface area (Å²) in [5.74, 6) is 1.97. The number of allylic oxidation sites excluding steroid dienone is 1. The molecular weight excluding hydrogens is 432 g/mol. The summed E-state index contributed by atoms with van der Waals surface area (Å²) >= 11 is 0. The zero-order valence-electron chi connectivity index (χ0n) is 18.9. The van der Waals surface area contributed by atoms with Gasteiger partial charge in [0.1, 0.15) is 12.0 Å². The molecule has 0 amide bonds. The number of nitro groups is 1. The van der Waals surface area contributed by atoms with Crippen molar-refractivity contribution in [2.75, 3.05) is 12.4 Å². The van der Waals surface area contributed by atoms with E-state index < -0.39 is 4.92 Å². The largest absolute Gasteiger partial charge is 0.493 e. The van der Waals surface area contributed by atoms with Crippen LogP contribution in [0.4, 0.5) is 22.9 Å². The van der Waals surface area contributed by atoms with E-state index in [0.29, 0.717) is 11.5 Å². The van der Waals surface area contributed by atoms with Crippen molar-refractivity contribution in [1.29, 1.82) is 0 Å². The molecule has 8 nitrogen and oxygen atoms in total. The van der Waals surface area contributed by atoms with E-state index in [1.165, 1.54) is 25.1 Å². The number of hydrogen-bond donors (Lipinski definition) is 1. The minimum absolute atomic E-state index is 0.0594. The number of aliphatic imine (C=N–C) groups is 1. The molecule has 174 valence electrons. The Morgan fingerprint density at radius 2 is 1.94 bits per heavy atom. The molecule has 1 aliphatic rings. The Morgan fingerprint density at radius 3 is 2.68 bits per heavy atom. The predicted molar refractivity (Wildman–Crippen MR) is 134 cm³/mol. The first-order chi connectivity index (χ1) is 16.6. The molecule has 34 heavy (non-hydrogen) atoms. The van der Waals surface area contributed by atoms with Crippen molar-refractivity contribution >= 4 is 35.2 Å². The summed E-state index contributed by atoms with van der Waals surface area (Å²) in [6, 6.07) is 16.3. The second-order valence-electron chi connectivity index (χ2n) is 7.84. The molecule has 1 heterocycles. The maximum absolute atomic E-state index is 10.8. The molecule has 1 aliphatic carbocycles. The summed E-state index contributed by atoms with van der Waals surface area (Å²) < 4.78 is 11.8. The smallest absolute Gasteiger partial charge is 0.287 e. The molecule has 4 rings (SSSR count). The Hall–Kier alpha value is -4.20. The van der Waals surface area contributed by atoms with Crippen LogP contribution < -0.4 is 14.8 Å². The monoisotopic (exact) mass is 458 g/mol. The molecule has 1 saturated carbocycles. The molecule has 1 aromatic heterocycles. The van der Waals surface area contributed by atoms with E-state index >= 15 is 0 Å². The molecule has 0 aliphatic heterocycles. The lowest BCUT2D eigenvalue weighted by Crippen LogP contribution is -2.12. The lowest BCUT2D eigenvalue weighted by atomic mass is 10.1. The zero-order valence-corrected chi connectivity index (χ0v) is 18.9. The lowest BCUT2D eigenvalue weighted by Gasteiger charge is -2.17. The summed E-state index contributed by atoms with van der Waals surface area (Å²) in [6.07, 6.45) is 11.5. The predicted octanol–water partition coefficient (Wildman–Crippen LogP) is 6.48. The number of methoxy groups -OCH3 is 1. The van der Waals surface area contributed by atoms with E-state index in [1.54, 1.807) is 19.4 Å². The highest BCUT2D eigenvalue weighted by Crippen LogP contribution is 2.35. The van der Waals surface area contributed by atoms with Crippen LogP contribution in [0.3, 0.4) is 0 Å². The van der Waals surface area contributed by atoms with Gasteiger partial charge in [-0.3, -0.25) is 15.1 Å². The Labute approximate surface area is 198 Å². The molecule has 0 spiro atoms. The number of pyridine rings is 1. The summed E-state index contributed by atoms with van der Waals surface area (Å²) in [4.78, 5) is 19.0. The molecule has 3 aromatic rings. The first kappa shape index (κ1) is 23.0. The second-order valence-corrected chi connectivity index (χ2v) is 7.84. The number of hydrogen-bond acceptors (Lipinski definition) is 7. The van der Waals surface area contributed by atoms with E-state index in [4.69, 9.17) is 9.47 Å². The quantitative estimate of drug-likeness (QED) is 0.224. The highest BCUT2D eigenvalue weighted by atomic mass is 16.6. The third-order valence-electron chi connectivity index (χ3n) is 5.52. The van der Waals surface area contributed by atoms with Crippen LogP contribution in [0.25, 0.3) is 6.08 Å². The van der Waals surface area contributed by atoms with Crippen molar-refractivity contribution in [1.82, 2.24) is 4.98 Å². The molecule has 1 N–H and O–H groups in total. The first-order valence-electron chi connectivity index (χ1n) is 11.1. The van der Waals surface area contributed by atoms with Crippen LogP contribution in [-0.2, 0) is 0 Å². The van der Waals surface area contributed by atoms with Crippen molar-refractivity contribution in [2.24, 2.45) is 4.99 Å². The van der Waals surface area contributed by atoms with Gasteiger partial charge in [0.2, 0.25) is 0 Å². The number of rotatable bonds is 9. The standard InChI is InChI=1S/C26H26N4O4/c1-33-24-14-6-8-19(26(24)34-21-10-2-3-11-21)9-7-17-27-22-12-4-5-13-23(22)29-25-16-15-20(18-28-25)30(31)32/h4-9,12-18,21H,2-3,10-11H2,1H3,(H,28,29)/b9-7+,27-17+. The molecule has 0 radical (unpaired) electrons. The Morgan fingerprint density at radius 1 is 1.12 bits per heavy atom.